The van der Waals surface area contributed by atoms with Gasteiger partial charge in [-0.25, -0.2) is 0 Å². The topological polar surface area (TPSA) is 60.8 Å². The summed E-state index contributed by atoms with van der Waals surface area (Å²) < 4.78 is 0. The van der Waals surface area contributed by atoms with Crippen molar-refractivity contribution >= 4 is 12.0 Å². The van der Waals surface area contributed by atoms with Crippen LogP contribution >= 0.6 is 0 Å². The molecule has 4 heteroatoms. The lowest BCUT2D eigenvalue weighted by Gasteiger charge is -2.27. The number of aromatic hydroxyl groups is 1. The molecule has 0 saturated carbocycles. The van der Waals surface area contributed by atoms with Crippen LogP contribution in [0.3, 0.4) is 0 Å². The Morgan fingerprint density at radius 2 is 1.89 bits per heavy atom. The maximum absolute atomic E-state index is 12.0. The van der Waals surface area contributed by atoms with E-state index in [1.54, 1.807) is 49.1 Å². The molecule has 1 rings (SSSR count). The molecule has 0 spiro atoms. The summed E-state index contributed by atoms with van der Waals surface area (Å²) in [5, 5.41) is 18.9. The number of nitrogens with zero attached hydrogens (tertiary/aromatic N) is 1. The molecule has 0 aliphatic rings. The van der Waals surface area contributed by atoms with E-state index in [-0.39, 0.29) is 11.7 Å². The van der Waals surface area contributed by atoms with Crippen LogP contribution in [0.15, 0.2) is 30.3 Å². The van der Waals surface area contributed by atoms with Gasteiger partial charge in [-0.15, -0.1) is 0 Å². The van der Waals surface area contributed by atoms with E-state index in [0.29, 0.717) is 13.1 Å². The molecule has 0 aromatic heterocycles. The summed E-state index contributed by atoms with van der Waals surface area (Å²) in [6.45, 7) is 6.06. The van der Waals surface area contributed by atoms with Crippen LogP contribution in [-0.2, 0) is 4.79 Å². The maximum Gasteiger partial charge on any atom is 0.246 e. The van der Waals surface area contributed by atoms with Gasteiger partial charge in [0.2, 0.25) is 5.91 Å². The average Bonchev–Trinajstić information content (AvgIpc) is 2.34. The van der Waals surface area contributed by atoms with Crippen LogP contribution in [0, 0.1) is 0 Å². The first-order valence-electron chi connectivity index (χ1n) is 6.30. The first-order chi connectivity index (χ1) is 8.81. The Labute approximate surface area is 114 Å². The monoisotopic (exact) mass is 263 g/mol. The number of likely N-dealkylation sites (N-methyl/N-ethyl adjacent to an activating group) is 1. The van der Waals surface area contributed by atoms with Gasteiger partial charge < -0.3 is 15.1 Å². The third-order valence-electron chi connectivity index (χ3n) is 2.58. The van der Waals surface area contributed by atoms with E-state index in [2.05, 4.69) is 0 Å². The molecule has 0 saturated heterocycles. The standard InChI is InChI=1S/C15H21NO3/c1-4-16(11-15(2,3)19)14(18)10-7-12-5-8-13(17)9-6-12/h5-10,17,19H,4,11H2,1-3H3. The summed E-state index contributed by atoms with van der Waals surface area (Å²) in [5.74, 6) is 0.0541. The van der Waals surface area contributed by atoms with Crippen molar-refractivity contribution < 1.29 is 15.0 Å². The lowest BCUT2D eigenvalue weighted by Crippen LogP contribution is -2.41. The van der Waals surface area contributed by atoms with Gasteiger partial charge in [-0.1, -0.05) is 12.1 Å². The number of benzene rings is 1. The van der Waals surface area contributed by atoms with Crippen molar-refractivity contribution in [1.82, 2.24) is 4.90 Å². The lowest BCUT2D eigenvalue weighted by molar-refractivity contribution is -0.128. The number of rotatable bonds is 5. The summed E-state index contributed by atoms with van der Waals surface area (Å²) in [4.78, 5) is 13.6. The lowest BCUT2D eigenvalue weighted by atomic mass is 10.1. The molecule has 1 aromatic carbocycles. The second-order valence-corrected chi connectivity index (χ2v) is 5.09. The fourth-order valence-corrected chi connectivity index (χ4v) is 1.67. The van der Waals surface area contributed by atoms with Crippen molar-refractivity contribution in [3.63, 3.8) is 0 Å². The molecule has 0 atom stereocenters. The van der Waals surface area contributed by atoms with Crippen molar-refractivity contribution in [2.75, 3.05) is 13.1 Å². The van der Waals surface area contributed by atoms with Crippen molar-refractivity contribution in [1.29, 1.82) is 0 Å². The van der Waals surface area contributed by atoms with Crippen LogP contribution in [0.2, 0.25) is 0 Å². The fourth-order valence-electron chi connectivity index (χ4n) is 1.67. The Hall–Kier alpha value is -1.81. The molecule has 1 amide bonds. The average molecular weight is 263 g/mol. The zero-order valence-corrected chi connectivity index (χ0v) is 11.6. The zero-order valence-electron chi connectivity index (χ0n) is 11.6. The van der Waals surface area contributed by atoms with Crippen LogP contribution in [0.1, 0.15) is 26.3 Å². The fraction of sp³-hybridized carbons (Fsp3) is 0.400. The highest BCUT2D eigenvalue weighted by Crippen LogP contribution is 2.11. The molecule has 19 heavy (non-hydrogen) atoms. The highest BCUT2D eigenvalue weighted by molar-refractivity contribution is 5.91. The van der Waals surface area contributed by atoms with E-state index in [1.165, 1.54) is 6.08 Å². The van der Waals surface area contributed by atoms with E-state index < -0.39 is 5.60 Å². The summed E-state index contributed by atoms with van der Waals surface area (Å²) in [5.41, 5.74) is -0.0663. The van der Waals surface area contributed by atoms with Gasteiger partial charge in [0, 0.05) is 19.2 Å². The van der Waals surface area contributed by atoms with Crippen LogP contribution in [-0.4, -0.2) is 39.7 Å². The highest BCUT2D eigenvalue weighted by Gasteiger charge is 2.19. The number of hydrogen-bond acceptors (Lipinski definition) is 3. The number of phenolic OH excluding ortho intramolecular Hbond substituents is 1. The van der Waals surface area contributed by atoms with Gasteiger partial charge >= 0.3 is 0 Å². The largest absolute Gasteiger partial charge is 0.508 e. The van der Waals surface area contributed by atoms with E-state index in [0.717, 1.165) is 5.56 Å². The summed E-state index contributed by atoms with van der Waals surface area (Å²) in [7, 11) is 0. The van der Waals surface area contributed by atoms with Crippen LogP contribution in [0.5, 0.6) is 5.75 Å². The normalized spacial score (nSPS) is 11.8. The van der Waals surface area contributed by atoms with Crippen LogP contribution in [0.25, 0.3) is 6.08 Å². The second-order valence-electron chi connectivity index (χ2n) is 5.09. The Morgan fingerprint density at radius 1 is 1.32 bits per heavy atom. The predicted molar refractivity (Wildman–Crippen MR) is 75.7 cm³/mol. The minimum atomic E-state index is -0.905. The first-order valence-corrected chi connectivity index (χ1v) is 6.30. The van der Waals surface area contributed by atoms with Crippen LogP contribution < -0.4 is 0 Å². The number of carbonyl (C=O) groups is 1. The number of carbonyl (C=O) groups excluding carboxylic acids is 1. The molecule has 4 nitrogen and oxygen atoms in total. The van der Waals surface area contributed by atoms with Crippen molar-refractivity contribution in [3.05, 3.63) is 35.9 Å². The SMILES string of the molecule is CCN(CC(C)(C)O)C(=O)C=Cc1ccc(O)cc1. The molecule has 0 aliphatic carbocycles. The number of amides is 1. The minimum Gasteiger partial charge on any atom is -0.508 e. The van der Waals surface area contributed by atoms with Gasteiger partial charge in [0.05, 0.1) is 5.60 Å². The summed E-state index contributed by atoms with van der Waals surface area (Å²) in [6, 6.07) is 6.59. The number of aliphatic hydroxyl groups is 1. The Kier molecular flexibility index (Phi) is 5.12. The van der Waals surface area contributed by atoms with Gasteiger partial charge in [0.15, 0.2) is 0 Å². The van der Waals surface area contributed by atoms with E-state index in [4.69, 9.17) is 5.11 Å². The molecule has 1 aromatic rings. The molecule has 2 N–H and O–H groups in total. The molecule has 104 valence electrons. The molecule has 0 unspecified atom stereocenters. The highest BCUT2D eigenvalue weighted by atomic mass is 16.3. The summed E-state index contributed by atoms with van der Waals surface area (Å²) in [6.07, 6.45) is 3.16. The number of phenols is 1. The maximum atomic E-state index is 12.0. The third-order valence-corrected chi connectivity index (χ3v) is 2.58. The third kappa shape index (κ3) is 5.57. The predicted octanol–water partition coefficient (Wildman–Crippen LogP) is 2.02. The Morgan fingerprint density at radius 3 is 2.37 bits per heavy atom. The first kappa shape index (κ1) is 15.2. The minimum absolute atomic E-state index is 0.141. The van der Waals surface area contributed by atoms with Gasteiger partial charge in [0.25, 0.3) is 0 Å². The van der Waals surface area contributed by atoms with E-state index >= 15 is 0 Å². The summed E-state index contributed by atoms with van der Waals surface area (Å²) >= 11 is 0. The van der Waals surface area contributed by atoms with Crippen molar-refractivity contribution in [2.24, 2.45) is 0 Å². The molecule has 0 radical (unpaired) electrons. The van der Waals surface area contributed by atoms with Gasteiger partial charge in [0.1, 0.15) is 5.75 Å². The molecular formula is C15H21NO3. The smallest absolute Gasteiger partial charge is 0.246 e. The Balaban J connectivity index is 2.69. The van der Waals surface area contributed by atoms with Gasteiger partial charge in [-0.2, -0.15) is 0 Å². The molecule has 0 heterocycles. The molecule has 0 aliphatic heterocycles. The van der Waals surface area contributed by atoms with E-state index in [1.807, 2.05) is 6.92 Å². The Bertz CT molecular complexity index is 443. The quantitative estimate of drug-likeness (QED) is 0.799. The molecular weight excluding hydrogens is 242 g/mol. The van der Waals surface area contributed by atoms with Gasteiger partial charge in [-0.05, 0) is 44.5 Å². The zero-order chi connectivity index (χ0) is 14.5. The number of hydrogen-bond donors (Lipinski definition) is 2. The second kappa shape index (κ2) is 6.38. The van der Waals surface area contributed by atoms with Gasteiger partial charge in [-0.3, -0.25) is 4.79 Å². The van der Waals surface area contributed by atoms with Crippen molar-refractivity contribution in [3.8, 4) is 5.75 Å². The van der Waals surface area contributed by atoms with Crippen LogP contribution in [0.4, 0.5) is 0 Å². The van der Waals surface area contributed by atoms with Crippen molar-refractivity contribution in [2.45, 2.75) is 26.4 Å². The van der Waals surface area contributed by atoms with E-state index in [9.17, 15) is 9.90 Å². The molecule has 0 fully saturated rings. The molecule has 0 bridgehead atoms.